The molecular formula is C20H24NO6-. The van der Waals surface area contributed by atoms with Gasteiger partial charge in [0.1, 0.15) is 11.3 Å². The summed E-state index contributed by atoms with van der Waals surface area (Å²) in [5.74, 6) is -1.13. The number of hydrogen-bond donors (Lipinski definition) is 1. The summed E-state index contributed by atoms with van der Waals surface area (Å²) in [6.45, 7) is 5.44. The molecule has 0 aliphatic heterocycles. The molecule has 1 aromatic heterocycles. The average Bonchev–Trinajstić information content (AvgIpc) is 2.62. The van der Waals surface area contributed by atoms with E-state index in [-0.39, 0.29) is 12.8 Å². The lowest BCUT2D eigenvalue weighted by atomic mass is 10.00. The summed E-state index contributed by atoms with van der Waals surface area (Å²) in [7, 11) is 1.55. The van der Waals surface area contributed by atoms with Crippen LogP contribution in [-0.4, -0.2) is 25.0 Å². The Labute approximate surface area is 157 Å². The molecule has 0 bridgehead atoms. The quantitative estimate of drug-likeness (QED) is 0.700. The van der Waals surface area contributed by atoms with Crippen LogP contribution in [0.4, 0.5) is 0 Å². The summed E-state index contributed by atoms with van der Waals surface area (Å²) in [5, 5.41) is 14.3. The maximum Gasteiger partial charge on any atom is 0.339 e. The maximum atomic E-state index is 12.4. The van der Waals surface area contributed by atoms with Crippen molar-refractivity contribution in [3.05, 3.63) is 39.2 Å². The van der Waals surface area contributed by atoms with E-state index in [0.29, 0.717) is 29.7 Å². The third-order valence-electron chi connectivity index (χ3n) is 4.67. The van der Waals surface area contributed by atoms with E-state index in [1.54, 1.807) is 20.1 Å². The van der Waals surface area contributed by atoms with Crippen molar-refractivity contribution in [1.29, 1.82) is 0 Å². The number of aryl methyl sites for hydroxylation is 2. The summed E-state index contributed by atoms with van der Waals surface area (Å²) >= 11 is 0. The highest BCUT2D eigenvalue weighted by atomic mass is 16.5. The minimum Gasteiger partial charge on any atom is -0.548 e. The van der Waals surface area contributed by atoms with Gasteiger partial charge in [-0.1, -0.05) is 13.3 Å². The van der Waals surface area contributed by atoms with Crippen molar-refractivity contribution in [1.82, 2.24) is 5.32 Å². The summed E-state index contributed by atoms with van der Waals surface area (Å²) in [6, 6.07) is 2.60. The van der Waals surface area contributed by atoms with E-state index in [9.17, 15) is 19.5 Å². The lowest BCUT2D eigenvalue weighted by Crippen LogP contribution is -2.47. The fourth-order valence-electron chi connectivity index (χ4n) is 3.12. The third kappa shape index (κ3) is 4.48. The molecule has 1 N–H and O–H groups in total. The van der Waals surface area contributed by atoms with E-state index < -0.39 is 23.5 Å². The van der Waals surface area contributed by atoms with Crippen LogP contribution in [0.25, 0.3) is 11.0 Å². The molecular weight excluding hydrogens is 350 g/mol. The first kappa shape index (κ1) is 20.5. The molecule has 0 saturated heterocycles. The summed E-state index contributed by atoms with van der Waals surface area (Å²) in [4.78, 5) is 35.5. The Morgan fingerprint density at radius 3 is 2.56 bits per heavy atom. The zero-order valence-corrected chi connectivity index (χ0v) is 16.0. The Balaban J connectivity index is 2.23. The van der Waals surface area contributed by atoms with E-state index in [1.165, 1.54) is 0 Å². The molecule has 0 unspecified atom stereocenters. The van der Waals surface area contributed by atoms with Crippen LogP contribution in [0.15, 0.2) is 21.3 Å². The smallest absolute Gasteiger partial charge is 0.339 e. The average molecular weight is 374 g/mol. The van der Waals surface area contributed by atoms with Crippen LogP contribution in [0.1, 0.15) is 42.9 Å². The second-order valence-corrected chi connectivity index (χ2v) is 6.49. The normalized spacial score (nSPS) is 12.0. The highest BCUT2D eigenvalue weighted by molar-refractivity contribution is 5.86. The van der Waals surface area contributed by atoms with Crippen molar-refractivity contribution >= 4 is 22.8 Å². The van der Waals surface area contributed by atoms with Crippen LogP contribution < -0.4 is 20.8 Å². The number of amides is 1. The first-order valence-corrected chi connectivity index (χ1v) is 8.90. The zero-order chi connectivity index (χ0) is 20.1. The molecule has 2 aromatic rings. The largest absolute Gasteiger partial charge is 0.548 e. The zero-order valence-electron chi connectivity index (χ0n) is 16.0. The molecule has 0 aliphatic carbocycles. The van der Waals surface area contributed by atoms with Crippen molar-refractivity contribution in [3.8, 4) is 5.75 Å². The Morgan fingerprint density at radius 1 is 1.26 bits per heavy atom. The first-order valence-electron chi connectivity index (χ1n) is 8.90. The summed E-state index contributed by atoms with van der Waals surface area (Å²) in [6.07, 6.45) is 1.05. The van der Waals surface area contributed by atoms with Crippen molar-refractivity contribution in [3.63, 3.8) is 0 Å². The minimum absolute atomic E-state index is 0.0141. The fourth-order valence-corrected chi connectivity index (χ4v) is 3.12. The van der Waals surface area contributed by atoms with E-state index in [1.807, 2.05) is 19.9 Å². The predicted molar refractivity (Wildman–Crippen MR) is 98.7 cm³/mol. The lowest BCUT2D eigenvalue weighted by molar-refractivity contribution is -0.308. The number of carboxylic acids is 1. The Morgan fingerprint density at radius 2 is 1.96 bits per heavy atom. The second-order valence-electron chi connectivity index (χ2n) is 6.49. The van der Waals surface area contributed by atoms with E-state index >= 15 is 0 Å². The standard InChI is InChI=1S/C20H25NO6/c1-5-6-15(19(23)24)21-17(22)10-8-14-11(2)13-7-9-16(26-4)12(3)18(13)27-20(14)25/h7,9,15H,5-6,8,10H2,1-4H3,(H,21,22)(H,23,24)/p-1/t15-/m0/s1. The lowest BCUT2D eigenvalue weighted by Gasteiger charge is -2.19. The van der Waals surface area contributed by atoms with Crippen LogP contribution in [0.3, 0.4) is 0 Å². The molecule has 7 nitrogen and oxygen atoms in total. The SMILES string of the molecule is CCC[C@H](NC(=O)CCc1c(C)c2ccc(OC)c(C)c2oc1=O)C(=O)[O-]. The number of carbonyl (C=O) groups is 2. The monoisotopic (exact) mass is 374 g/mol. The predicted octanol–water partition coefficient (Wildman–Crippen LogP) is 1.39. The molecule has 0 spiro atoms. The highest BCUT2D eigenvalue weighted by Crippen LogP contribution is 2.29. The molecule has 1 aromatic carbocycles. The second kappa shape index (κ2) is 8.70. The molecule has 1 amide bonds. The van der Waals surface area contributed by atoms with Crippen LogP contribution in [0.5, 0.6) is 5.75 Å². The van der Waals surface area contributed by atoms with E-state index in [0.717, 1.165) is 16.5 Å². The Hall–Kier alpha value is -2.83. The number of rotatable bonds is 8. The van der Waals surface area contributed by atoms with Crippen molar-refractivity contribution in [2.75, 3.05) is 7.11 Å². The molecule has 1 atom stereocenters. The molecule has 0 saturated carbocycles. The third-order valence-corrected chi connectivity index (χ3v) is 4.67. The van der Waals surface area contributed by atoms with Gasteiger partial charge < -0.3 is 24.4 Å². The summed E-state index contributed by atoms with van der Waals surface area (Å²) in [5.41, 5.74) is 1.84. The minimum atomic E-state index is -1.31. The number of methoxy groups -OCH3 is 1. The van der Waals surface area contributed by atoms with E-state index in [4.69, 9.17) is 9.15 Å². The van der Waals surface area contributed by atoms with Gasteiger partial charge in [-0.15, -0.1) is 0 Å². The molecule has 0 aliphatic rings. The summed E-state index contributed by atoms with van der Waals surface area (Å²) < 4.78 is 10.7. The highest BCUT2D eigenvalue weighted by Gasteiger charge is 2.17. The van der Waals surface area contributed by atoms with E-state index in [2.05, 4.69) is 5.32 Å². The van der Waals surface area contributed by atoms with Gasteiger partial charge in [-0.3, -0.25) is 4.79 Å². The number of hydrogen-bond acceptors (Lipinski definition) is 6. The molecule has 1 heterocycles. The van der Waals surface area contributed by atoms with Crippen LogP contribution in [-0.2, 0) is 16.0 Å². The Kier molecular flexibility index (Phi) is 6.60. The molecule has 7 heteroatoms. The molecule has 146 valence electrons. The Bertz CT molecular complexity index is 915. The maximum absolute atomic E-state index is 12.4. The molecule has 27 heavy (non-hydrogen) atoms. The van der Waals surface area contributed by atoms with Crippen molar-refractivity contribution in [2.45, 2.75) is 52.5 Å². The van der Waals surface area contributed by atoms with Crippen molar-refractivity contribution in [2.24, 2.45) is 0 Å². The number of benzene rings is 1. The van der Waals surface area contributed by atoms with Gasteiger partial charge in [0, 0.05) is 22.9 Å². The first-order chi connectivity index (χ1) is 12.8. The van der Waals surface area contributed by atoms with Crippen LogP contribution in [0, 0.1) is 13.8 Å². The van der Waals surface area contributed by atoms with Gasteiger partial charge >= 0.3 is 5.63 Å². The number of nitrogens with one attached hydrogen (secondary N) is 1. The number of fused-ring (bicyclic) bond motifs is 1. The van der Waals surface area contributed by atoms with Gasteiger partial charge in [0.15, 0.2) is 0 Å². The van der Waals surface area contributed by atoms with Gasteiger partial charge in [-0.2, -0.15) is 0 Å². The number of carboxylic acid groups (broad SMARTS) is 1. The molecule has 2 rings (SSSR count). The van der Waals surface area contributed by atoms with Crippen LogP contribution >= 0.6 is 0 Å². The van der Waals surface area contributed by atoms with Gasteiger partial charge in [0.25, 0.3) is 0 Å². The molecule has 0 fully saturated rings. The fraction of sp³-hybridized carbons (Fsp3) is 0.450. The van der Waals surface area contributed by atoms with Gasteiger partial charge in [-0.25, -0.2) is 4.79 Å². The number of carbonyl (C=O) groups excluding carboxylic acids is 2. The molecule has 0 radical (unpaired) electrons. The van der Waals surface area contributed by atoms with Gasteiger partial charge in [0.2, 0.25) is 5.91 Å². The topological polar surface area (TPSA) is 109 Å². The number of aliphatic carboxylic acids is 1. The van der Waals surface area contributed by atoms with Crippen molar-refractivity contribution < 1.29 is 23.8 Å². The van der Waals surface area contributed by atoms with Gasteiger partial charge in [-0.05, 0) is 44.4 Å². The van der Waals surface area contributed by atoms with Crippen LogP contribution in [0.2, 0.25) is 0 Å². The van der Waals surface area contributed by atoms with Gasteiger partial charge in [0.05, 0.1) is 19.1 Å². The number of ether oxygens (including phenoxy) is 1.